The third-order valence-corrected chi connectivity index (χ3v) is 2.83. The lowest BCUT2D eigenvalue weighted by Crippen LogP contribution is -2.41. The highest BCUT2D eigenvalue weighted by molar-refractivity contribution is 5.99. The van der Waals surface area contributed by atoms with Gasteiger partial charge in [-0.1, -0.05) is 0 Å². The highest BCUT2D eigenvalue weighted by Gasteiger charge is 2.32. The molecule has 0 aliphatic carbocycles. The quantitative estimate of drug-likeness (QED) is 0.813. The molecule has 1 atom stereocenters. The van der Waals surface area contributed by atoms with Gasteiger partial charge in [-0.3, -0.25) is 9.69 Å². The number of urea groups is 1. The number of hydrogen-bond donors (Lipinski definition) is 1. The Morgan fingerprint density at radius 1 is 1.53 bits per heavy atom. The molecule has 1 aliphatic heterocycles. The number of aryl methyl sites for hydroxylation is 1. The van der Waals surface area contributed by atoms with Gasteiger partial charge in [0.15, 0.2) is 6.10 Å². The maximum absolute atomic E-state index is 11.9. The molecule has 2 heterocycles. The number of nitrogens with one attached hydrogen (secondary N) is 1. The van der Waals surface area contributed by atoms with Gasteiger partial charge in [0, 0.05) is 13.1 Å². The lowest BCUT2D eigenvalue weighted by molar-refractivity contribution is -0.136. The fourth-order valence-electron chi connectivity index (χ4n) is 1.77. The lowest BCUT2D eigenvalue weighted by atomic mass is 10.2. The summed E-state index contributed by atoms with van der Waals surface area (Å²) in [5.41, 5.74) is 0.269. The smallest absolute Gasteiger partial charge is 0.342 e. The van der Waals surface area contributed by atoms with Gasteiger partial charge in [0.1, 0.15) is 11.3 Å². The molecule has 7 nitrogen and oxygen atoms in total. The molecule has 0 aromatic carbocycles. The van der Waals surface area contributed by atoms with E-state index in [1.54, 1.807) is 6.92 Å². The largest absolute Gasteiger partial charge is 0.469 e. The van der Waals surface area contributed by atoms with Crippen molar-refractivity contribution in [2.24, 2.45) is 0 Å². The molecule has 0 saturated carbocycles. The van der Waals surface area contributed by atoms with E-state index < -0.39 is 24.0 Å². The molecule has 102 valence electrons. The highest BCUT2D eigenvalue weighted by atomic mass is 16.5. The summed E-state index contributed by atoms with van der Waals surface area (Å²) < 4.78 is 10.0. The number of nitrogens with zero attached hydrogens (tertiary/aromatic N) is 1. The van der Waals surface area contributed by atoms with Crippen LogP contribution in [0.1, 0.15) is 23.0 Å². The molecule has 1 fully saturated rings. The maximum Gasteiger partial charge on any atom is 0.342 e. The first-order valence-electron chi connectivity index (χ1n) is 5.85. The highest BCUT2D eigenvalue weighted by Crippen LogP contribution is 2.12. The summed E-state index contributed by atoms with van der Waals surface area (Å²) in [7, 11) is 0. The summed E-state index contributed by atoms with van der Waals surface area (Å²) in [6, 6.07) is 1.00. The molecule has 1 aliphatic rings. The molecule has 0 spiro atoms. The van der Waals surface area contributed by atoms with E-state index in [1.165, 1.54) is 19.3 Å². The van der Waals surface area contributed by atoms with Crippen molar-refractivity contribution in [3.63, 3.8) is 0 Å². The van der Waals surface area contributed by atoms with E-state index in [2.05, 4.69) is 5.32 Å². The van der Waals surface area contributed by atoms with Gasteiger partial charge in [-0.2, -0.15) is 0 Å². The van der Waals surface area contributed by atoms with Crippen molar-refractivity contribution in [2.75, 3.05) is 13.1 Å². The Bertz CT molecular complexity index is 522. The predicted octanol–water partition coefficient (Wildman–Crippen LogP) is 0.685. The zero-order chi connectivity index (χ0) is 14.0. The standard InChI is InChI=1S/C12H14N2O5/c1-7-9(3-6-18-7)11(16)19-8(2)10(15)14-5-4-13-12(14)17/h3,6,8H,4-5H2,1-2H3,(H,13,17)/t8-/m1/s1. The van der Waals surface area contributed by atoms with E-state index in [0.29, 0.717) is 12.3 Å². The van der Waals surface area contributed by atoms with Crippen LogP contribution in [-0.4, -0.2) is 42.0 Å². The molecule has 3 amide bonds. The normalized spacial score (nSPS) is 16.1. The zero-order valence-corrected chi connectivity index (χ0v) is 10.6. The van der Waals surface area contributed by atoms with Crippen LogP contribution in [0.4, 0.5) is 4.79 Å². The van der Waals surface area contributed by atoms with Crippen LogP contribution in [-0.2, 0) is 9.53 Å². The number of rotatable bonds is 3. The minimum absolute atomic E-state index is 0.269. The van der Waals surface area contributed by atoms with Gasteiger partial charge in [0.05, 0.1) is 6.26 Å². The summed E-state index contributed by atoms with van der Waals surface area (Å²) in [6.07, 6.45) is 0.345. The Morgan fingerprint density at radius 2 is 2.26 bits per heavy atom. The van der Waals surface area contributed by atoms with Gasteiger partial charge in [-0.15, -0.1) is 0 Å². The SMILES string of the molecule is Cc1occc1C(=O)O[C@H](C)C(=O)N1CCNC1=O. The van der Waals surface area contributed by atoms with Crippen LogP contribution in [0.2, 0.25) is 0 Å². The summed E-state index contributed by atoms with van der Waals surface area (Å²) in [5.74, 6) is -0.764. The number of esters is 1. The van der Waals surface area contributed by atoms with Crippen LogP contribution < -0.4 is 5.32 Å². The zero-order valence-electron chi connectivity index (χ0n) is 10.6. The van der Waals surface area contributed by atoms with Gasteiger partial charge < -0.3 is 14.5 Å². The first-order valence-corrected chi connectivity index (χ1v) is 5.85. The first-order chi connectivity index (χ1) is 9.00. The van der Waals surface area contributed by atoms with Gasteiger partial charge in [-0.05, 0) is 19.9 Å². The monoisotopic (exact) mass is 266 g/mol. The minimum Gasteiger partial charge on any atom is -0.469 e. The third kappa shape index (κ3) is 2.59. The van der Waals surface area contributed by atoms with Crippen LogP contribution in [0.3, 0.4) is 0 Å². The molecule has 19 heavy (non-hydrogen) atoms. The maximum atomic E-state index is 11.9. The molecular weight excluding hydrogens is 252 g/mol. The van der Waals surface area contributed by atoms with E-state index in [1.807, 2.05) is 0 Å². The van der Waals surface area contributed by atoms with E-state index in [4.69, 9.17) is 9.15 Å². The average Bonchev–Trinajstić information content (AvgIpc) is 2.96. The molecule has 1 aromatic rings. The fraction of sp³-hybridized carbons (Fsp3) is 0.417. The predicted molar refractivity (Wildman–Crippen MR) is 63.4 cm³/mol. The topological polar surface area (TPSA) is 88.8 Å². The van der Waals surface area contributed by atoms with Gasteiger partial charge >= 0.3 is 12.0 Å². The molecular formula is C12H14N2O5. The Morgan fingerprint density at radius 3 is 2.79 bits per heavy atom. The van der Waals surface area contributed by atoms with Crippen molar-refractivity contribution in [2.45, 2.75) is 20.0 Å². The van der Waals surface area contributed by atoms with Crippen molar-refractivity contribution >= 4 is 17.9 Å². The summed E-state index contributed by atoms with van der Waals surface area (Å²) in [5, 5.41) is 2.51. The van der Waals surface area contributed by atoms with Gasteiger partial charge in [0.2, 0.25) is 0 Å². The fourth-order valence-corrected chi connectivity index (χ4v) is 1.77. The van der Waals surface area contributed by atoms with Crippen LogP contribution in [0.15, 0.2) is 16.7 Å². The van der Waals surface area contributed by atoms with Crippen LogP contribution in [0.25, 0.3) is 0 Å². The molecule has 2 rings (SSSR count). The third-order valence-electron chi connectivity index (χ3n) is 2.83. The van der Waals surface area contributed by atoms with Crippen LogP contribution >= 0.6 is 0 Å². The Balaban J connectivity index is 1.99. The second-order valence-electron chi connectivity index (χ2n) is 4.16. The minimum atomic E-state index is -1.02. The van der Waals surface area contributed by atoms with Crippen molar-refractivity contribution in [3.8, 4) is 0 Å². The van der Waals surface area contributed by atoms with Gasteiger partial charge in [-0.25, -0.2) is 9.59 Å². The second kappa shape index (κ2) is 5.13. The Hall–Kier alpha value is -2.31. The molecule has 1 saturated heterocycles. The van der Waals surface area contributed by atoms with Crippen molar-refractivity contribution in [1.29, 1.82) is 0 Å². The number of hydrogen-bond acceptors (Lipinski definition) is 5. The van der Waals surface area contributed by atoms with Gasteiger partial charge in [0.25, 0.3) is 5.91 Å². The Kier molecular flexibility index (Phi) is 3.55. The Labute approximate surface area is 109 Å². The van der Waals surface area contributed by atoms with Crippen molar-refractivity contribution < 1.29 is 23.5 Å². The second-order valence-corrected chi connectivity index (χ2v) is 4.16. The first kappa shape index (κ1) is 13.1. The van der Waals surface area contributed by atoms with Crippen molar-refractivity contribution in [3.05, 3.63) is 23.7 Å². The van der Waals surface area contributed by atoms with E-state index in [-0.39, 0.29) is 12.1 Å². The molecule has 0 unspecified atom stereocenters. The lowest BCUT2D eigenvalue weighted by Gasteiger charge is -2.17. The molecule has 0 radical (unpaired) electrons. The van der Waals surface area contributed by atoms with Crippen molar-refractivity contribution in [1.82, 2.24) is 10.2 Å². The summed E-state index contributed by atoms with van der Waals surface area (Å²) in [6.45, 7) is 3.74. The van der Waals surface area contributed by atoms with E-state index in [0.717, 1.165) is 4.90 Å². The number of carbonyl (C=O) groups excluding carboxylic acids is 3. The molecule has 0 bridgehead atoms. The molecule has 1 N–H and O–H groups in total. The van der Waals surface area contributed by atoms with Crippen LogP contribution in [0, 0.1) is 6.92 Å². The molecule has 1 aromatic heterocycles. The number of carbonyl (C=O) groups is 3. The van der Waals surface area contributed by atoms with Crippen LogP contribution in [0.5, 0.6) is 0 Å². The number of ether oxygens (including phenoxy) is 1. The number of furan rings is 1. The van der Waals surface area contributed by atoms with E-state index in [9.17, 15) is 14.4 Å². The summed E-state index contributed by atoms with van der Waals surface area (Å²) in [4.78, 5) is 36.0. The number of imide groups is 1. The average molecular weight is 266 g/mol. The number of amides is 3. The molecule has 7 heteroatoms. The summed E-state index contributed by atoms with van der Waals surface area (Å²) >= 11 is 0. The van der Waals surface area contributed by atoms with E-state index >= 15 is 0 Å².